The van der Waals surface area contributed by atoms with E-state index in [1.807, 2.05) is 31.3 Å². The SMILES string of the molecule is Cc1ccc(CNCc2cc(Br)cc([N+](=O)[O-])c2)cn1. The molecule has 1 aromatic heterocycles. The second kappa shape index (κ2) is 6.58. The molecule has 0 saturated carbocycles. The van der Waals surface area contributed by atoms with Gasteiger partial charge in [0.2, 0.25) is 0 Å². The van der Waals surface area contributed by atoms with E-state index in [-0.39, 0.29) is 5.69 Å². The molecule has 0 bridgehead atoms. The Bertz CT molecular complexity index is 614. The summed E-state index contributed by atoms with van der Waals surface area (Å²) in [6.07, 6.45) is 1.83. The Kier molecular flexibility index (Phi) is 4.81. The minimum atomic E-state index is -0.391. The van der Waals surface area contributed by atoms with Gasteiger partial charge in [0, 0.05) is 41.6 Å². The number of rotatable bonds is 5. The first-order chi connectivity index (χ1) is 9.54. The van der Waals surface area contributed by atoms with Gasteiger partial charge in [0.25, 0.3) is 5.69 Å². The summed E-state index contributed by atoms with van der Waals surface area (Å²) in [6, 6.07) is 8.91. The quantitative estimate of drug-likeness (QED) is 0.672. The number of nitro benzene ring substituents is 1. The third-order valence-corrected chi connectivity index (χ3v) is 3.24. The Balaban J connectivity index is 1.97. The van der Waals surface area contributed by atoms with Crippen LogP contribution in [0.2, 0.25) is 0 Å². The number of non-ortho nitro benzene ring substituents is 1. The summed E-state index contributed by atoms with van der Waals surface area (Å²) in [5.41, 5.74) is 3.02. The molecule has 0 spiro atoms. The van der Waals surface area contributed by atoms with E-state index >= 15 is 0 Å². The van der Waals surface area contributed by atoms with Gasteiger partial charge in [0.15, 0.2) is 0 Å². The molecule has 1 heterocycles. The number of hydrogen-bond donors (Lipinski definition) is 1. The molecule has 0 aliphatic heterocycles. The first-order valence-electron chi connectivity index (χ1n) is 6.11. The van der Waals surface area contributed by atoms with Crippen LogP contribution in [0.15, 0.2) is 41.0 Å². The molecular weight excluding hydrogens is 322 g/mol. The zero-order valence-electron chi connectivity index (χ0n) is 11.0. The summed E-state index contributed by atoms with van der Waals surface area (Å²) in [4.78, 5) is 14.6. The summed E-state index contributed by atoms with van der Waals surface area (Å²) < 4.78 is 0.709. The number of nitrogens with zero attached hydrogens (tertiary/aromatic N) is 2. The highest BCUT2D eigenvalue weighted by molar-refractivity contribution is 9.10. The highest BCUT2D eigenvalue weighted by Crippen LogP contribution is 2.21. The molecule has 0 radical (unpaired) electrons. The smallest absolute Gasteiger partial charge is 0.270 e. The Morgan fingerprint density at radius 3 is 2.65 bits per heavy atom. The molecule has 1 N–H and O–H groups in total. The maximum absolute atomic E-state index is 10.8. The Morgan fingerprint density at radius 1 is 1.25 bits per heavy atom. The fraction of sp³-hybridized carbons (Fsp3) is 0.214. The van der Waals surface area contributed by atoms with Gasteiger partial charge in [-0.15, -0.1) is 0 Å². The van der Waals surface area contributed by atoms with E-state index in [1.165, 1.54) is 6.07 Å². The topological polar surface area (TPSA) is 68.1 Å². The molecular formula is C14H14BrN3O2. The first kappa shape index (κ1) is 14.6. The number of hydrogen-bond acceptors (Lipinski definition) is 4. The van der Waals surface area contributed by atoms with Gasteiger partial charge in [0.05, 0.1) is 4.92 Å². The van der Waals surface area contributed by atoms with Crippen molar-refractivity contribution in [1.29, 1.82) is 0 Å². The van der Waals surface area contributed by atoms with Crippen molar-refractivity contribution in [3.05, 3.63) is 67.9 Å². The summed E-state index contributed by atoms with van der Waals surface area (Å²) >= 11 is 3.28. The lowest BCUT2D eigenvalue weighted by molar-refractivity contribution is -0.385. The van der Waals surface area contributed by atoms with Crippen LogP contribution in [0.25, 0.3) is 0 Å². The number of pyridine rings is 1. The van der Waals surface area contributed by atoms with Crippen LogP contribution in [-0.2, 0) is 13.1 Å². The molecule has 0 unspecified atom stereocenters. The van der Waals surface area contributed by atoms with Gasteiger partial charge in [-0.2, -0.15) is 0 Å². The molecule has 1 aromatic carbocycles. The largest absolute Gasteiger partial charge is 0.309 e. The number of aromatic nitrogens is 1. The maximum atomic E-state index is 10.8. The molecule has 0 aliphatic carbocycles. The van der Waals surface area contributed by atoms with E-state index in [1.54, 1.807) is 6.07 Å². The molecule has 104 valence electrons. The minimum absolute atomic E-state index is 0.0909. The average molecular weight is 336 g/mol. The van der Waals surface area contributed by atoms with Crippen LogP contribution in [0.3, 0.4) is 0 Å². The second-order valence-corrected chi connectivity index (χ2v) is 5.40. The predicted octanol–water partition coefficient (Wildman–Crippen LogP) is 3.35. The van der Waals surface area contributed by atoms with Crippen LogP contribution < -0.4 is 5.32 Å². The van der Waals surface area contributed by atoms with E-state index in [0.717, 1.165) is 16.8 Å². The van der Waals surface area contributed by atoms with Crippen LogP contribution in [-0.4, -0.2) is 9.91 Å². The van der Waals surface area contributed by atoms with E-state index in [4.69, 9.17) is 0 Å². The van der Waals surface area contributed by atoms with Gasteiger partial charge in [-0.05, 0) is 30.2 Å². The Morgan fingerprint density at radius 2 is 2.00 bits per heavy atom. The number of aryl methyl sites for hydroxylation is 1. The van der Waals surface area contributed by atoms with Crippen molar-refractivity contribution in [2.45, 2.75) is 20.0 Å². The van der Waals surface area contributed by atoms with Crippen molar-refractivity contribution in [3.63, 3.8) is 0 Å². The average Bonchev–Trinajstić information content (AvgIpc) is 2.40. The van der Waals surface area contributed by atoms with Gasteiger partial charge in [-0.3, -0.25) is 15.1 Å². The lowest BCUT2D eigenvalue weighted by Crippen LogP contribution is -2.13. The summed E-state index contributed by atoms with van der Waals surface area (Å²) in [6.45, 7) is 3.18. The highest BCUT2D eigenvalue weighted by atomic mass is 79.9. The van der Waals surface area contributed by atoms with E-state index in [2.05, 4.69) is 26.2 Å². The number of halogens is 1. The lowest BCUT2D eigenvalue weighted by atomic mass is 10.2. The molecule has 0 aliphatic rings. The van der Waals surface area contributed by atoms with Crippen LogP contribution in [0.1, 0.15) is 16.8 Å². The predicted molar refractivity (Wildman–Crippen MR) is 80.3 cm³/mol. The van der Waals surface area contributed by atoms with Crippen molar-refractivity contribution in [2.24, 2.45) is 0 Å². The third kappa shape index (κ3) is 4.11. The zero-order chi connectivity index (χ0) is 14.5. The van der Waals surface area contributed by atoms with Gasteiger partial charge in [-0.25, -0.2) is 0 Å². The van der Waals surface area contributed by atoms with E-state index in [0.29, 0.717) is 17.6 Å². The highest BCUT2D eigenvalue weighted by Gasteiger charge is 2.08. The lowest BCUT2D eigenvalue weighted by Gasteiger charge is -2.06. The fourth-order valence-corrected chi connectivity index (χ4v) is 2.32. The van der Waals surface area contributed by atoms with Gasteiger partial charge >= 0.3 is 0 Å². The van der Waals surface area contributed by atoms with Crippen molar-refractivity contribution in [3.8, 4) is 0 Å². The molecule has 2 aromatic rings. The zero-order valence-corrected chi connectivity index (χ0v) is 12.6. The number of nitrogens with one attached hydrogen (secondary N) is 1. The minimum Gasteiger partial charge on any atom is -0.309 e. The summed E-state index contributed by atoms with van der Waals surface area (Å²) in [5.74, 6) is 0. The van der Waals surface area contributed by atoms with Crippen molar-refractivity contribution < 1.29 is 4.92 Å². The molecule has 20 heavy (non-hydrogen) atoms. The molecule has 0 amide bonds. The first-order valence-corrected chi connectivity index (χ1v) is 6.90. The van der Waals surface area contributed by atoms with E-state index in [9.17, 15) is 10.1 Å². The Labute approximate surface area is 125 Å². The van der Waals surface area contributed by atoms with Crippen LogP contribution >= 0.6 is 15.9 Å². The summed E-state index contributed by atoms with van der Waals surface area (Å²) in [5, 5.41) is 14.0. The molecule has 2 rings (SSSR count). The van der Waals surface area contributed by atoms with Crippen LogP contribution in [0.4, 0.5) is 5.69 Å². The molecule has 6 heteroatoms. The van der Waals surface area contributed by atoms with E-state index < -0.39 is 4.92 Å². The monoisotopic (exact) mass is 335 g/mol. The third-order valence-electron chi connectivity index (χ3n) is 2.78. The molecule has 0 atom stereocenters. The standard InChI is InChI=1S/C14H14BrN3O2/c1-10-2-3-11(9-17-10)7-16-8-12-4-13(15)6-14(5-12)18(19)20/h2-6,9,16H,7-8H2,1H3. The van der Waals surface area contributed by atoms with Crippen molar-refractivity contribution >= 4 is 21.6 Å². The van der Waals surface area contributed by atoms with Gasteiger partial charge in [-0.1, -0.05) is 22.0 Å². The Hall–Kier alpha value is -1.79. The molecule has 0 saturated heterocycles. The summed E-state index contributed by atoms with van der Waals surface area (Å²) in [7, 11) is 0. The number of nitro groups is 1. The normalized spacial score (nSPS) is 10.5. The molecule has 0 fully saturated rings. The van der Waals surface area contributed by atoms with Crippen LogP contribution in [0, 0.1) is 17.0 Å². The molecule has 5 nitrogen and oxygen atoms in total. The number of benzene rings is 1. The maximum Gasteiger partial charge on any atom is 0.270 e. The second-order valence-electron chi connectivity index (χ2n) is 4.49. The van der Waals surface area contributed by atoms with Gasteiger partial charge < -0.3 is 5.32 Å². The van der Waals surface area contributed by atoms with Gasteiger partial charge in [0.1, 0.15) is 0 Å². The van der Waals surface area contributed by atoms with Crippen LogP contribution in [0.5, 0.6) is 0 Å². The van der Waals surface area contributed by atoms with Crippen molar-refractivity contribution in [1.82, 2.24) is 10.3 Å². The fourth-order valence-electron chi connectivity index (χ4n) is 1.79. The van der Waals surface area contributed by atoms with Crippen molar-refractivity contribution in [2.75, 3.05) is 0 Å².